The van der Waals surface area contributed by atoms with Crippen molar-refractivity contribution in [3.05, 3.63) is 48.0 Å². The van der Waals surface area contributed by atoms with Crippen LogP contribution in [0.25, 0.3) is 0 Å². The molecule has 4 atom stereocenters. The quantitative estimate of drug-likeness (QED) is 0.742. The Morgan fingerprint density at radius 2 is 2.12 bits per heavy atom. The van der Waals surface area contributed by atoms with Crippen molar-refractivity contribution in [3.63, 3.8) is 0 Å². The van der Waals surface area contributed by atoms with E-state index in [1.807, 2.05) is 6.08 Å². The van der Waals surface area contributed by atoms with E-state index in [0.717, 1.165) is 12.3 Å². The molecule has 2 heterocycles. The number of rotatable bonds is 2. The second-order valence-corrected chi connectivity index (χ2v) is 5.22. The van der Waals surface area contributed by atoms with Gasteiger partial charge in [-0.1, -0.05) is 37.3 Å². The molecule has 0 radical (unpaired) electrons. The van der Waals surface area contributed by atoms with E-state index in [1.54, 1.807) is 5.56 Å². The second-order valence-electron chi connectivity index (χ2n) is 5.22. The molecule has 0 saturated carbocycles. The summed E-state index contributed by atoms with van der Waals surface area (Å²) in [5, 5.41) is 3.77. The average Bonchev–Trinajstić information content (AvgIpc) is 2.29. The van der Waals surface area contributed by atoms with Crippen LogP contribution in [0.5, 0.6) is 0 Å². The van der Waals surface area contributed by atoms with Crippen molar-refractivity contribution in [3.8, 4) is 0 Å². The van der Waals surface area contributed by atoms with Crippen molar-refractivity contribution in [2.24, 2.45) is 5.92 Å². The molecule has 84 valence electrons. The molecular formula is C15H19N. The van der Waals surface area contributed by atoms with Crippen LogP contribution in [0.1, 0.15) is 42.9 Å². The van der Waals surface area contributed by atoms with E-state index in [-0.39, 0.29) is 0 Å². The van der Waals surface area contributed by atoms with Gasteiger partial charge in [0.25, 0.3) is 0 Å². The SMILES string of the molecule is C=CC[C@H]1N[C@@H]2C[C@@H](C)[C@@H]1c1ccccc12. The first kappa shape index (κ1) is 10.1. The number of benzene rings is 1. The summed E-state index contributed by atoms with van der Waals surface area (Å²) in [6.45, 7) is 6.27. The van der Waals surface area contributed by atoms with Gasteiger partial charge in [-0.2, -0.15) is 0 Å². The van der Waals surface area contributed by atoms with E-state index in [2.05, 4.69) is 43.1 Å². The normalized spacial score (nSPS) is 35.8. The lowest BCUT2D eigenvalue weighted by molar-refractivity contribution is 0.191. The third-order valence-corrected chi connectivity index (χ3v) is 4.22. The largest absolute Gasteiger partial charge is 0.306 e. The van der Waals surface area contributed by atoms with E-state index in [1.165, 1.54) is 12.0 Å². The van der Waals surface area contributed by atoms with Gasteiger partial charge in [-0.25, -0.2) is 0 Å². The van der Waals surface area contributed by atoms with Crippen LogP contribution >= 0.6 is 0 Å². The van der Waals surface area contributed by atoms with Gasteiger partial charge in [0.1, 0.15) is 0 Å². The number of hydrogen-bond donors (Lipinski definition) is 1. The maximum atomic E-state index is 3.88. The van der Waals surface area contributed by atoms with Crippen LogP contribution in [-0.4, -0.2) is 6.04 Å². The summed E-state index contributed by atoms with van der Waals surface area (Å²) in [6.07, 6.45) is 4.42. The first-order chi connectivity index (χ1) is 7.81. The average molecular weight is 213 g/mol. The fourth-order valence-corrected chi connectivity index (χ4v) is 3.61. The van der Waals surface area contributed by atoms with Crippen molar-refractivity contribution in [2.45, 2.75) is 37.8 Å². The molecule has 0 spiro atoms. The Hall–Kier alpha value is -1.08. The minimum Gasteiger partial charge on any atom is -0.306 e. The van der Waals surface area contributed by atoms with Gasteiger partial charge in [0, 0.05) is 18.0 Å². The van der Waals surface area contributed by atoms with Gasteiger partial charge < -0.3 is 5.32 Å². The molecule has 1 fully saturated rings. The predicted octanol–water partition coefficient (Wildman–Crippen LogP) is 3.40. The van der Waals surface area contributed by atoms with Crippen molar-refractivity contribution >= 4 is 0 Å². The Balaban J connectivity index is 2.05. The molecule has 1 N–H and O–H groups in total. The van der Waals surface area contributed by atoms with E-state index < -0.39 is 0 Å². The third-order valence-electron chi connectivity index (χ3n) is 4.22. The number of fused-ring (bicyclic) bond motifs is 2. The lowest BCUT2D eigenvalue weighted by Gasteiger charge is -2.48. The van der Waals surface area contributed by atoms with E-state index in [4.69, 9.17) is 0 Å². The topological polar surface area (TPSA) is 12.0 Å². The molecular weight excluding hydrogens is 194 g/mol. The van der Waals surface area contributed by atoms with Crippen LogP contribution < -0.4 is 5.32 Å². The molecule has 1 heteroatoms. The van der Waals surface area contributed by atoms with Gasteiger partial charge in [0.2, 0.25) is 0 Å². The fraction of sp³-hybridized carbons (Fsp3) is 0.467. The zero-order valence-electron chi connectivity index (χ0n) is 9.82. The zero-order valence-corrected chi connectivity index (χ0v) is 9.82. The molecule has 1 aromatic carbocycles. The van der Waals surface area contributed by atoms with Crippen molar-refractivity contribution in [2.75, 3.05) is 0 Å². The Morgan fingerprint density at radius 3 is 2.88 bits per heavy atom. The maximum absolute atomic E-state index is 3.88. The highest BCUT2D eigenvalue weighted by Gasteiger charge is 2.42. The molecule has 1 nitrogen and oxygen atoms in total. The molecule has 1 saturated heterocycles. The van der Waals surface area contributed by atoms with Crippen molar-refractivity contribution in [1.82, 2.24) is 5.32 Å². The lowest BCUT2D eigenvalue weighted by Crippen LogP contribution is -2.50. The first-order valence-electron chi connectivity index (χ1n) is 6.27. The number of nitrogens with one attached hydrogen (secondary N) is 1. The summed E-state index contributed by atoms with van der Waals surface area (Å²) in [5.41, 5.74) is 3.11. The van der Waals surface area contributed by atoms with Crippen LogP contribution in [0.4, 0.5) is 0 Å². The van der Waals surface area contributed by atoms with Crippen LogP contribution in [0.3, 0.4) is 0 Å². The van der Waals surface area contributed by atoms with Crippen LogP contribution in [0.15, 0.2) is 36.9 Å². The summed E-state index contributed by atoms with van der Waals surface area (Å²) >= 11 is 0. The molecule has 16 heavy (non-hydrogen) atoms. The highest BCUT2D eigenvalue weighted by Crippen LogP contribution is 2.48. The molecule has 2 aliphatic heterocycles. The van der Waals surface area contributed by atoms with E-state index in [0.29, 0.717) is 18.0 Å². The molecule has 2 bridgehead atoms. The molecule has 3 aliphatic rings. The summed E-state index contributed by atoms with van der Waals surface area (Å²) in [5.74, 6) is 1.48. The molecule has 0 amide bonds. The molecule has 1 aromatic rings. The molecule has 1 aliphatic carbocycles. The maximum Gasteiger partial charge on any atom is 0.0328 e. The smallest absolute Gasteiger partial charge is 0.0328 e. The van der Waals surface area contributed by atoms with E-state index >= 15 is 0 Å². The van der Waals surface area contributed by atoms with Crippen LogP contribution in [0.2, 0.25) is 0 Å². The van der Waals surface area contributed by atoms with Crippen LogP contribution in [-0.2, 0) is 0 Å². The summed E-state index contributed by atoms with van der Waals surface area (Å²) in [4.78, 5) is 0. The predicted molar refractivity (Wildman–Crippen MR) is 67.4 cm³/mol. The fourth-order valence-electron chi connectivity index (χ4n) is 3.61. The summed E-state index contributed by atoms with van der Waals surface area (Å²) < 4.78 is 0. The van der Waals surface area contributed by atoms with Gasteiger partial charge in [0.15, 0.2) is 0 Å². The number of hydrogen-bond acceptors (Lipinski definition) is 1. The number of piperidine rings is 1. The van der Waals surface area contributed by atoms with Crippen molar-refractivity contribution in [1.29, 1.82) is 0 Å². The van der Waals surface area contributed by atoms with Gasteiger partial charge in [-0.05, 0) is 29.9 Å². The summed E-state index contributed by atoms with van der Waals surface area (Å²) in [6, 6.07) is 10.1. The van der Waals surface area contributed by atoms with Gasteiger partial charge >= 0.3 is 0 Å². The van der Waals surface area contributed by atoms with Gasteiger partial charge in [-0.3, -0.25) is 0 Å². The standard InChI is InChI=1S/C15H19N/c1-3-6-13-15-10(2)9-14(16-13)11-7-4-5-8-12(11)15/h3-5,7-8,10,13-16H,1,6,9H2,2H3/t10-,13-,14-,15-/m1/s1. The summed E-state index contributed by atoms with van der Waals surface area (Å²) in [7, 11) is 0. The Kier molecular flexibility index (Phi) is 2.36. The highest BCUT2D eigenvalue weighted by molar-refractivity contribution is 5.40. The lowest BCUT2D eigenvalue weighted by atomic mass is 9.66. The highest BCUT2D eigenvalue weighted by atomic mass is 15.0. The van der Waals surface area contributed by atoms with Crippen LogP contribution in [0, 0.1) is 5.92 Å². The monoisotopic (exact) mass is 213 g/mol. The Morgan fingerprint density at radius 1 is 1.38 bits per heavy atom. The minimum absolute atomic E-state index is 0.571. The Labute approximate surface area is 97.6 Å². The first-order valence-corrected chi connectivity index (χ1v) is 6.27. The Bertz CT molecular complexity index is 410. The van der Waals surface area contributed by atoms with E-state index in [9.17, 15) is 0 Å². The molecule has 0 aromatic heterocycles. The minimum atomic E-state index is 0.571. The van der Waals surface area contributed by atoms with Gasteiger partial charge in [-0.15, -0.1) is 6.58 Å². The zero-order chi connectivity index (χ0) is 11.1. The van der Waals surface area contributed by atoms with Crippen molar-refractivity contribution < 1.29 is 0 Å². The molecule has 4 rings (SSSR count). The third kappa shape index (κ3) is 1.35. The molecule has 0 unspecified atom stereocenters. The second kappa shape index (κ2) is 3.74. The van der Waals surface area contributed by atoms with Gasteiger partial charge in [0.05, 0.1) is 0 Å².